The number of rotatable bonds is 6. The number of nitrogens with zero attached hydrogens (tertiary/aromatic N) is 4. The van der Waals surface area contributed by atoms with Crippen LogP contribution in [0.1, 0.15) is 57.7 Å². The molecule has 1 saturated carbocycles. The first-order chi connectivity index (χ1) is 15.5. The highest BCUT2D eigenvalue weighted by atomic mass is 19.1. The van der Waals surface area contributed by atoms with E-state index in [0.29, 0.717) is 49.2 Å². The van der Waals surface area contributed by atoms with Crippen molar-refractivity contribution >= 4 is 5.91 Å². The molecule has 1 aromatic carbocycles. The van der Waals surface area contributed by atoms with Gasteiger partial charge >= 0.3 is 0 Å². The van der Waals surface area contributed by atoms with E-state index in [1.54, 1.807) is 30.6 Å². The van der Waals surface area contributed by atoms with Crippen molar-refractivity contribution in [1.29, 1.82) is 0 Å². The molecule has 0 N–H and O–H groups in total. The summed E-state index contributed by atoms with van der Waals surface area (Å²) in [5.41, 5.74) is 1.57. The van der Waals surface area contributed by atoms with E-state index in [1.165, 1.54) is 25.3 Å². The average molecular weight is 441 g/mol. The minimum atomic E-state index is -0.327. The third kappa shape index (κ3) is 5.33. The second kappa shape index (κ2) is 10.5. The molecular formula is C25H33FN4O2. The largest absolute Gasteiger partial charge is 0.369 e. The van der Waals surface area contributed by atoms with E-state index in [0.717, 1.165) is 12.8 Å². The molecule has 0 spiro atoms. The Balaban J connectivity index is 1.44. The lowest BCUT2D eigenvalue weighted by atomic mass is 9.93. The van der Waals surface area contributed by atoms with Gasteiger partial charge in [0, 0.05) is 30.7 Å². The summed E-state index contributed by atoms with van der Waals surface area (Å²) >= 11 is 0. The lowest BCUT2D eigenvalue weighted by molar-refractivity contribution is -0.139. The number of hydrogen-bond acceptors (Lipinski definition) is 5. The Labute approximate surface area is 189 Å². The molecule has 1 saturated heterocycles. The van der Waals surface area contributed by atoms with Crippen LogP contribution in [0.5, 0.6) is 0 Å². The second-order valence-electron chi connectivity index (χ2n) is 9.09. The Kier molecular flexibility index (Phi) is 7.48. The van der Waals surface area contributed by atoms with Crippen LogP contribution >= 0.6 is 0 Å². The van der Waals surface area contributed by atoms with Gasteiger partial charge in [0.1, 0.15) is 11.9 Å². The molecule has 4 rings (SSSR count). The Bertz CT molecular complexity index is 916. The summed E-state index contributed by atoms with van der Waals surface area (Å²) in [5.74, 6) is -0.133. The minimum Gasteiger partial charge on any atom is -0.369 e. The van der Waals surface area contributed by atoms with Crippen molar-refractivity contribution in [3.8, 4) is 11.3 Å². The van der Waals surface area contributed by atoms with E-state index >= 15 is 0 Å². The number of amides is 1. The van der Waals surface area contributed by atoms with E-state index < -0.39 is 0 Å². The van der Waals surface area contributed by atoms with Crippen LogP contribution in [-0.2, 0) is 9.53 Å². The van der Waals surface area contributed by atoms with E-state index in [1.807, 2.05) is 0 Å². The predicted octanol–water partition coefficient (Wildman–Crippen LogP) is 4.23. The number of morpholine rings is 1. The molecule has 2 aliphatic rings. The molecule has 1 atom stereocenters. The highest BCUT2D eigenvalue weighted by Crippen LogP contribution is 2.27. The summed E-state index contributed by atoms with van der Waals surface area (Å²) in [6.07, 6.45) is 8.84. The van der Waals surface area contributed by atoms with Crippen LogP contribution in [0.15, 0.2) is 36.7 Å². The molecule has 1 aliphatic heterocycles. The SMILES string of the molecule is CC(C)N(C(=O)CN1CCO[C@H](c2cncc(-c3ccccc3F)n2)C1)C1CCCCC1. The molecule has 6 nitrogen and oxygen atoms in total. The van der Waals surface area contributed by atoms with Crippen LogP contribution in [0.25, 0.3) is 11.3 Å². The molecule has 1 aromatic heterocycles. The summed E-state index contributed by atoms with van der Waals surface area (Å²) in [5, 5.41) is 0. The standard InChI is InChI=1S/C25H33FN4O2/c1-18(2)30(19-8-4-3-5-9-19)25(31)17-29-12-13-32-24(16-29)23-15-27-14-22(28-23)20-10-6-7-11-21(20)26/h6-7,10-11,14-15,18-19,24H,3-5,8-9,12-13,16-17H2,1-2H3/t24-/m0/s1. The topological polar surface area (TPSA) is 58.6 Å². The number of ether oxygens (including phenoxy) is 1. The van der Waals surface area contributed by atoms with Gasteiger partial charge in [-0.15, -0.1) is 0 Å². The van der Waals surface area contributed by atoms with Gasteiger partial charge in [0.25, 0.3) is 0 Å². The number of carbonyl (C=O) groups is 1. The molecule has 0 radical (unpaired) electrons. The molecule has 2 fully saturated rings. The molecule has 0 bridgehead atoms. The maximum Gasteiger partial charge on any atom is 0.237 e. The smallest absolute Gasteiger partial charge is 0.237 e. The zero-order chi connectivity index (χ0) is 22.5. The molecule has 2 aromatic rings. The monoisotopic (exact) mass is 440 g/mol. The summed E-state index contributed by atoms with van der Waals surface area (Å²) in [4.78, 5) is 26.4. The van der Waals surface area contributed by atoms with Crippen LogP contribution in [0.4, 0.5) is 4.39 Å². The van der Waals surface area contributed by atoms with Crippen molar-refractivity contribution in [3.05, 3.63) is 48.2 Å². The van der Waals surface area contributed by atoms with Crippen LogP contribution in [0.3, 0.4) is 0 Å². The number of hydrogen-bond donors (Lipinski definition) is 0. The number of carbonyl (C=O) groups excluding carboxylic acids is 1. The third-order valence-corrected chi connectivity index (χ3v) is 6.45. The molecular weight excluding hydrogens is 407 g/mol. The van der Waals surface area contributed by atoms with E-state index in [-0.39, 0.29) is 23.9 Å². The first kappa shape index (κ1) is 22.8. The highest BCUT2D eigenvalue weighted by molar-refractivity contribution is 5.79. The molecule has 1 aliphatic carbocycles. The Hall–Kier alpha value is -2.38. The molecule has 0 unspecified atom stereocenters. The summed E-state index contributed by atoms with van der Waals surface area (Å²) in [6.45, 7) is 6.40. The molecule has 7 heteroatoms. The van der Waals surface area contributed by atoms with Gasteiger partial charge in [-0.25, -0.2) is 9.37 Å². The van der Waals surface area contributed by atoms with Crippen molar-refractivity contribution in [3.63, 3.8) is 0 Å². The van der Waals surface area contributed by atoms with Gasteiger partial charge in [0.05, 0.1) is 36.9 Å². The lowest BCUT2D eigenvalue weighted by Crippen LogP contribution is -2.51. The van der Waals surface area contributed by atoms with Gasteiger partial charge < -0.3 is 9.64 Å². The third-order valence-electron chi connectivity index (χ3n) is 6.45. The number of aromatic nitrogens is 2. The van der Waals surface area contributed by atoms with Gasteiger partial charge in [0.2, 0.25) is 5.91 Å². The molecule has 32 heavy (non-hydrogen) atoms. The number of halogens is 1. The van der Waals surface area contributed by atoms with Crippen molar-refractivity contribution in [2.75, 3.05) is 26.2 Å². The zero-order valence-corrected chi connectivity index (χ0v) is 19.0. The fourth-order valence-corrected chi connectivity index (χ4v) is 4.91. The maximum atomic E-state index is 14.2. The van der Waals surface area contributed by atoms with Gasteiger partial charge in [-0.3, -0.25) is 14.7 Å². The van der Waals surface area contributed by atoms with Crippen molar-refractivity contribution in [1.82, 2.24) is 19.8 Å². The van der Waals surface area contributed by atoms with E-state index in [4.69, 9.17) is 4.74 Å². The van der Waals surface area contributed by atoms with Crippen molar-refractivity contribution in [2.24, 2.45) is 0 Å². The molecule has 1 amide bonds. The van der Waals surface area contributed by atoms with Crippen LogP contribution in [-0.4, -0.2) is 64.0 Å². The van der Waals surface area contributed by atoms with Crippen molar-refractivity contribution in [2.45, 2.75) is 64.1 Å². The highest BCUT2D eigenvalue weighted by Gasteiger charge is 2.31. The maximum absolute atomic E-state index is 14.2. The minimum absolute atomic E-state index is 0.193. The zero-order valence-electron chi connectivity index (χ0n) is 19.0. The molecule has 172 valence electrons. The van der Waals surface area contributed by atoms with Crippen LogP contribution in [0, 0.1) is 5.82 Å². The van der Waals surface area contributed by atoms with E-state index in [2.05, 4.69) is 33.6 Å². The van der Waals surface area contributed by atoms with Crippen LogP contribution in [0.2, 0.25) is 0 Å². The Morgan fingerprint density at radius 3 is 2.75 bits per heavy atom. The van der Waals surface area contributed by atoms with Gasteiger partial charge in [-0.1, -0.05) is 31.4 Å². The Morgan fingerprint density at radius 2 is 2.00 bits per heavy atom. The van der Waals surface area contributed by atoms with Crippen molar-refractivity contribution < 1.29 is 13.9 Å². The first-order valence-corrected chi connectivity index (χ1v) is 11.7. The fourth-order valence-electron chi connectivity index (χ4n) is 4.91. The first-order valence-electron chi connectivity index (χ1n) is 11.7. The summed E-state index contributed by atoms with van der Waals surface area (Å²) in [7, 11) is 0. The normalized spacial score (nSPS) is 20.4. The second-order valence-corrected chi connectivity index (χ2v) is 9.09. The van der Waals surface area contributed by atoms with Crippen LogP contribution < -0.4 is 0 Å². The summed E-state index contributed by atoms with van der Waals surface area (Å²) < 4.78 is 20.2. The molecule has 2 heterocycles. The van der Waals surface area contributed by atoms with Gasteiger partial charge in [0.15, 0.2) is 0 Å². The number of benzene rings is 1. The average Bonchev–Trinajstić information content (AvgIpc) is 2.80. The fraction of sp³-hybridized carbons (Fsp3) is 0.560. The summed E-state index contributed by atoms with van der Waals surface area (Å²) in [6, 6.07) is 7.11. The quantitative estimate of drug-likeness (QED) is 0.673. The lowest BCUT2D eigenvalue weighted by Gasteiger charge is -2.39. The van der Waals surface area contributed by atoms with Gasteiger partial charge in [-0.2, -0.15) is 0 Å². The van der Waals surface area contributed by atoms with E-state index in [9.17, 15) is 9.18 Å². The predicted molar refractivity (Wildman–Crippen MR) is 121 cm³/mol. The van der Waals surface area contributed by atoms with Gasteiger partial charge in [-0.05, 0) is 38.8 Å². The Morgan fingerprint density at radius 1 is 1.22 bits per heavy atom.